The Balaban J connectivity index is 1.88. The van der Waals surface area contributed by atoms with Gasteiger partial charge >= 0.3 is 0 Å². The SMILES string of the molecule is CC(C)[C@H](CCC(=O)Cc1cccnc1Cl)Cc1ccccc1. The van der Waals surface area contributed by atoms with Gasteiger partial charge in [0.15, 0.2) is 0 Å². The first-order valence-corrected chi connectivity index (χ1v) is 8.59. The number of benzene rings is 1. The highest BCUT2D eigenvalue weighted by Gasteiger charge is 2.16. The fraction of sp³-hybridized carbons (Fsp3) is 0.400. The van der Waals surface area contributed by atoms with E-state index in [1.807, 2.05) is 18.2 Å². The van der Waals surface area contributed by atoms with Crippen molar-refractivity contribution in [1.82, 2.24) is 4.98 Å². The number of aromatic nitrogens is 1. The Hall–Kier alpha value is -1.67. The lowest BCUT2D eigenvalue weighted by Crippen LogP contribution is -2.15. The van der Waals surface area contributed by atoms with E-state index in [0.29, 0.717) is 29.8 Å². The summed E-state index contributed by atoms with van der Waals surface area (Å²) in [7, 11) is 0. The largest absolute Gasteiger partial charge is 0.299 e. The molecule has 122 valence electrons. The Kier molecular flexibility index (Phi) is 6.79. The van der Waals surface area contributed by atoms with Crippen LogP contribution in [0.4, 0.5) is 0 Å². The van der Waals surface area contributed by atoms with Crippen molar-refractivity contribution in [3.63, 3.8) is 0 Å². The summed E-state index contributed by atoms with van der Waals surface area (Å²) in [6.07, 6.45) is 4.57. The molecule has 0 bridgehead atoms. The van der Waals surface area contributed by atoms with Crippen LogP contribution in [0, 0.1) is 11.8 Å². The summed E-state index contributed by atoms with van der Waals surface area (Å²) in [5.41, 5.74) is 2.16. The van der Waals surface area contributed by atoms with Crippen molar-refractivity contribution in [2.75, 3.05) is 0 Å². The number of Topliss-reactive ketones (excluding diaryl/α,β-unsaturated/α-hetero) is 1. The molecule has 1 atom stereocenters. The van der Waals surface area contributed by atoms with Crippen LogP contribution in [-0.2, 0) is 17.6 Å². The van der Waals surface area contributed by atoms with Gasteiger partial charge in [0.2, 0.25) is 0 Å². The van der Waals surface area contributed by atoms with Crippen LogP contribution >= 0.6 is 11.6 Å². The zero-order valence-electron chi connectivity index (χ0n) is 13.8. The molecule has 1 aromatic heterocycles. The van der Waals surface area contributed by atoms with E-state index in [4.69, 9.17) is 11.6 Å². The van der Waals surface area contributed by atoms with Gasteiger partial charge in [-0.15, -0.1) is 0 Å². The fourth-order valence-corrected chi connectivity index (χ4v) is 2.97. The first-order chi connectivity index (χ1) is 11.1. The zero-order chi connectivity index (χ0) is 16.7. The molecule has 2 rings (SSSR count). The molecule has 2 aromatic rings. The van der Waals surface area contributed by atoms with Crippen molar-refractivity contribution in [1.29, 1.82) is 0 Å². The molecule has 1 heterocycles. The van der Waals surface area contributed by atoms with Crippen LogP contribution in [0.25, 0.3) is 0 Å². The van der Waals surface area contributed by atoms with Crippen molar-refractivity contribution >= 4 is 17.4 Å². The average Bonchev–Trinajstić information content (AvgIpc) is 2.54. The maximum atomic E-state index is 12.3. The summed E-state index contributed by atoms with van der Waals surface area (Å²) in [5, 5.41) is 0.436. The van der Waals surface area contributed by atoms with Gasteiger partial charge in [0.1, 0.15) is 10.9 Å². The van der Waals surface area contributed by atoms with Crippen molar-refractivity contribution < 1.29 is 4.79 Å². The van der Waals surface area contributed by atoms with Crippen LogP contribution in [0.15, 0.2) is 48.7 Å². The Morgan fingerprint density at radius 1 is 1.13 bits per heavy atom. The second-order valence-electron chi connectivity index (χ2n) is 6.40. The van der Waals surface area contributed by atoms with Crippen molar-refractivity contribution in [3.8, 4) is 0 Å². The summed E-state index contributed by atoms with van der Waals surface area (Å²) < 4.78 is 0. The molecular formula is C20H24ClNO. The molecule has 0 aliphatic carbocycles. The van der Waals surface area contributed by atoms with Gasteiger partial charge in [-0.05, 0) is 41.9 Å². The third-order valence-corrected chi connectivity index (χ3v) is 4.64. The second kappa shape index (κ2) is 8.83. The van der Waals surface area contributed by atoms with E-state index in [2.05, 4.69) is 43.1 Å². The number of hydrogen-bond donors (Lipinski definition) is 0. The first kappa shape index (κ1) is 17.7. The number of rotatable bonds is 8. The fourth-order valence-electron chi connectivity index (χ4n) is 2.79. The molecule has 0 aliphatic rings. The molecule has 0 unspecified atom stereocenters. The lowest BCUT2D eigenvalue weighted by molar-refractivity contribution is -0.118. The normalized spacial score (nSPS) is 12.3. The van der Waals surface area contributed by atoms with Gasteiger partial charge < -0.3 is 0 Å². The number of hydrogen-bond acceptors (Lipinski definition) is 2. The van der Waals surface area contributed by atoms with Gasteiger partial charge in [0.25, 0.3) is 0 Å². The van der Waals surface area contributed by atoms with Crippen LogP contribution in [0.3, 0.4) is 0 Å². The minimum absolute atomic E-state index is 0.235. The van der Waals surface area contributed by atoms with Crippen LogP contribution in [0.5, 0.6) is 0 Å². The van der Waals surface area contributed by atoms with Crippen LogP contribution < -0.4 is 0 Å². The third-order valence-electron chi connectivity index (χ3n) is 4.30. The standard InChI is InChI=1S/C20H24ClNO/c1-15(2)17(13-16-7-4-3-5-8-16)10-11-19(23)14-18-9-6-12-22-20(18)21/h3-9,12,15,17H,10-11,13-14H2,1-2H3/t17-/m1/s1. The maximum Gasteiger partial charge on any atom is 0.137 e. The molecule has 2 nitrogen and oxygen atoms in total. The minimum atomic E-state index is 0.235. The molecule has 0 amide bonds. The monoisotopic (exact) mass is 329 g/mol. The van der Waals surface area contributed by atoms with Gasteiger partial charge in [-0.2, -0.15) is 0 Å². The molecule has 23 heavy (non-hydrogen) atoms. The lowest BCUT2D eigenvalue weighted by Gasteiger charge is -2.20. The predicted molar refractivity (Wildman–Crippen MR) is 95.7 cm³/mol. The lowest BCUT2D eigenvalue weighted by atomic mass is 9.85. The Morgan fingerprint density at radius 3 is 2.52 bits per heavy atom. The third kappa shape index (κ3) is 5.80. The molecule has 0 fully saturated rings. The molecule has 0 saturated heterocycles. The number of ketones is 1. The van der Waals surface area contributed by atoms with Crippen LogP contribution in [-0.4, -0.2) is 10.8 Å². The van der Waals surface area contributed by atoms with Gasteiger partial charge in [-0.25, -0.2) is 4.98 Å². The minimum Gasteiger partial charge on any atom is -0.299 e. The van der Waals surface area contributed by atoms with Gasteiger partial charge in [-0.1, -0.05) is 61.8 Å². The number of carbonyl (C=O) groups excluding carboxylic acids is 1. The summed E-state index contributed by atoms with van der Waals surface area (Å²) in [4.78, 5) is 16.3. The Bertz CT molecular complexity index is 625. The number of carbonyl (C=O) groups is 1. The summed E-state index contributed by atoms with van der Waals surface area (Å²) >= 11 is 6.03. The van der Waals surface area contributed by atoms with Gasteiger partial charge in [0, 0.05) is 19.0 Å². The van der Waals surface area contributed by atoms with E-state index in [1.54, 1.807) is 6.20 Å². The maximum absolute atomic E-state index is 12.3. The molecule has 0 saturated carbocycles. The molecule has 0 N–H and O–H groups in total. The van der Waals surface area contributed by atoms with Crippen molar-refractivity contribution in [2.45, 2.75) is 39.5 Å². The molecule has 0 radical (unpaired) electrons. The smallest absolute Gasteiger partial charge is 0.137 e. The first-order valence-electron chi connectivity index (χ1n) is 8.21. The van der Waals surface area contributed by atoms with Crippen molar-refractivity contribution in [2.24, 2.45) is 11.8 Å². The Labute approximate surface area is 143 Å². The van der Waals surface area contributed by atoms with Crippen molar-refractivity contribution in [3.05, 3.63) is 64.9 Å². The molecule has 3 heteroatoms. The Morgan fingerprint density at radius 2 is 1.87 bits per heavy atom. The van der Waals surface area contributed by atoms with Gasteiger partial charge in [-0.3, -0.25) is 4.79 Å². The highest BCUT2D eigenvalue weighted by atomic mass is 35.5. The highest BCUT2D eigenvalue weighted by Crippen LogP contribution is 2.23. The van der Waals surface area contributed by atoms with E-state index in [0.717, 1.165) is 18.4 Å². The molecule has 1 aromatic carbocycles. The highest BCUT2D eigenvalue weighted by molar-refractivity contribution is 6.30. The second-order valence-corrected chi connectivity index (χ2v) is 6.76. The molecular weight excluding hydrogens is 306 g/mol. The van der Waals surface area contributed by atoms with E-state index in [-0.39, 0.29) is 5.78 Å². The predicted octanol–water partition coefficient (Wildman–Crippen LogP) is 5.14. The average molecular weight is 330 g/mol. The van der Waals surface area contributed by atoms with Crippen LogP contribution in [0.2, 0.25) is 5.15 Å². The van der Waals surface area contributed by atoms with E-state index in [9.17, 15) is 4.79 Å². The molecule has 0 spiro atoms. The number of halogens is 1. The number of nitrogens with zero attached hydrogens (tertiary/aromatic N) is 1. The zero-order valence-corrected chi connectivity index (χ0v) is 14.6. The van der Waals surface area contributed by atoms with E-state index < -0.39 is 0 Å². The summed E-state index contributed by atoms with van der Waals surface area (Å²) in [6, 6.07) is 14.2. The van der Waals surface area contributed by atoms with E-state index >= 15 is 0 Å². The quantitative estimate of drug-likeness (QED) is 0.627. The topological polar surface area (TPSA) is 30.0 Å². The number of pyridine rings is 1. The van der Waals surface area contributed by atoms with Crippen LogP contribution in [0.1, 0.15) is 37.8 Å². The van der Waals surface area contributed by atoms with E-state index in [1.165, 1.54) is 5.56 Å². The van der Waals surface area contributed by atoms with Gasteiger partial charge in [0.05, 0.1) is 0 Å². The molecule has 0 aliphatic heterocycles. The summed E-state index contributed by atoms with van der Waals surface area (Å²) in [5.74, 6) is 1.31. The summed E-state index contributed by atoms with van der Waals surface area (Å²) in [6.45, 7) is 4.46.